The first-order chi connectivity index (χ1) is 35.9. The minimum atomic E-state index is -0.154. The number of carbonyl (C=O) groups is 3. The second-order valence-electron chi connectivity index (χ2n) is 22.5. The minimum absolute atomic E-state index is 0.153. The molecule has 0 spiro atoms. The normalized spacial score (nSPS) is 13.2. The molecule has 0 radical (unpaired) electrons. The Morgan fingerprint density at radius 3 is 1.00 bits per heavy atom. The molecule has 9 nitrogen and oxygen atoms in total. The van der Waals surface area contributed by atoms with E-state index in [0.717, 1.165) is 45.4 Å². The summed E-state index contributed by atoms with van der Waals surface area (Å²) in [5.74, 6) is 0.224. The Kier molecular flexibility index (Phi) is 50.5. The van der Waals surface area contributed by atoms with E-state index in [1.165, 1.54) is 238 Å². The van der Waals surface area contributed by atoms with Crippen LogP contribution in [0.15, 0.2) is 12.2 Å². The third-order valence-electron chi connectivity index (χ3n) is 15.6. The zero-order valence-corrected chi connectivity index (χ0v) is 49.7. The molecule has 73 heavy (non-hydrogen) atoms. The average Bonchev–Trinajstić information content (AvgIpc) is 3.39. The van der Waals surface area contributed by atoms with Gasteiger partial charge >= 0.3 is 5.97 Å². The van der Waals surface area contributed by atoms with E-state index < -0.39 is 0 Å². The van der Waals surface area contributed by atoms with Crippen LogP contribution in [0.3, 0.4) is 0 Å². The van der Waals surface area contributed by atoms with Crippen molar-refractivity contribution in [2.45, 2.75) is 291 Å². The molecule has 0 atom stereocenters. The third-order valence-corrected chi connectivity index (χ3v) is 15.6. The van der Waals surface area contributed by atoms with E-state index in [0.29, 0.717) is 65.3 Å². The number of carbonyl (C=O) groups excluding carboxylic acids is 3. The van der Waals surface area contributed by atoms with Crippen molar-refractivity contribution in [3.63, 3.8) is 0 Å². The Morgan fingerprint density at radius 1 is 0.342 bits per heavy atom. The van der Waals surface area contributed by atoms with Crippen LogP contribution in [-0.2, 0) is 19.1 Å². The van der Waals surface area contributed by atoms with Crippen molar-refractivity contribution in [3.8, 4) is 0 Å². The molecule has 0 aromatic carbocycles. The number of esters is 1. The Labute approximate surface area is 454 Å². The molecule has 0 aliphatic carbocycles. The number of rotatable bonds is 55. The minimum Gasteiger partial charge on any atom is -0.461 e. The molecule has 2 amide bonds. The fraction of sp³-hybridized carbons (Fsp3) is 0.922. The second-order valence-corrected chi connectivity index (χ2v) is 22.5. The lowest BCUT2D eigenvalue weighted by Gasteiger charge is -2.37. The molecular weight excluding hydrogens is 903 g/mol. The van der Waals surface area contributed by atoms with Crippen LogP contribution in [0.5, 0.6) is 0 Å². The van der Waals surface area contributed by atoms with Crippen LogP contribution in [-0.4, -0.2) is 134 Å². The van der Waals surface area contributed by atoms with E-state index in [4.69, 9.17) is 4.74 Å². The summed E-state index contributed by atoms with van der Waals surface area (Å²) in [6.07, 6.45) is 54.6. The van der Waals surface area contributed by atoms with Gasteiger partial charge in [-0.1, -0.05) is 252 Å². The van der Waals surface area contributed by atoms with Gasteiger partial charge in [0.25, 0.3) is 0 Å². The molecule has 0 saturated carbocycles. The monoisotopic (exact) mass is 1030 g/mol. The largest absolute Gasteiger partial charge is 0.461 e. The molecule has 0 N–H and O–H groups in total. The Hall–Kier alpha value is -1.97. The van der Waals surface area contributed by atoms with E-state index >= 15 is 0 Å². The summed E-state index contributed by atoms with van der Waals surface area (Å²) in [6, 6.07) is 0. The van der Waals surface area contributed by atoms with Gasteiger partial charge in [0.05, 0.1) is 13.1 Å². The van der Waals surface area contributed by atoms with Gasteiger partial charge < -0.3 is 19.4 Å². The van der Waals surface area contributed by atoms with Gasteiger partial charge in [-0.25, -0.2) is 0 Å². The average molecular weight is 1030 g/mol. The summed E-state index contributed by atoms with van der Waals surface area (Å²) in [4.78, 5) is 52.2. The smallest absolute Gasteiger partial charge is 0.306 e. The van der Waals surface area contributed by atoms with Crippen LogP contribution in [0.4, 0.5) is 0 Å². The summed E-state index contributed by atoms with van der Waals surface area (Å²) < 4.78 is 5.53. The van der Waals surface area contributed by atoms with E-state index in [9.17, 15) is 14.4 Å². The Bertz CT molecular complexity index is 1220. The SMILES string of the molecule is CCCCCCC=CCOC(=O)CCCN(CCCCCCCCCCCCCC)CC(=O)N1CCN(C(=O)CN(CCCCCCCCC)CCN(CCCCCCCCC)CCCCCCCCC)CC1. The van der Waals surface area contributed by atoms with Crippen molar-refractivity contribution in [2.24, 2.45) is 0 Å². The highest BCUT2D eigenvalue weighted by molar-refractivity contribution is 5.80. The first-order valence-electron chi connectivity index (χ1n) is 32.4. The zero-order chi connectivity index (χ0) is 52.9. The maximum absolute atomic E-state index is 14.1. The fourth-order valence-corrected chi connectivity index (χ4v) is 10.5. The Balaban J connectivity index is 2.81. The summed E-state index contributed by atoms with van der Waals surface area (Å²) >= 11 is 0. The highest BCUT2D eigenvalue weighted by atomic mass is 16.5. The van der Waals surface area contributed by atoms with Crippen LogP contribution < -0.4 is 0 Å². The summed E-state index contributed by atoms with van der Waals surface area (Å²) in [6.45, 7) is 21.9. The van der Waals surface area contributed by atoms with Crippen LogP contribution in [0, 0.1) is 0 Å². The quantitative estimate of drug-likeness (QED) is 0.0341. The van der Waals surface area contributed by atoms with Gasteiger partial charge in [0.1, 0.15) is 6.61 Å². The van der Waals surface area contributed by atoms with Crippen molar-refractivity contribution < 1.29 is 19.1 Å². The van der Waals surface area contributed by atoms with Crippen molar-refractivity contribution >= 4 is 17.8 Å². The van der Waals surface area contributed by atoms with Crippen molar-refractivity contribution in [2.75, 3.05) is 91.7 Å². The van der Waals surface area contributed by atoms with Crippen molar-refractivity contribution in [1.29, 1.82) is 0 Å². The Morgan fingerprint density at radius 2 is 0.630 bits per heavy atom. The van der Waals surface area contributed by atoms with Gasteiger partial charge in [0.15, 0.2) is 0 Å². The molecule has 0 unspecified atom stereocenters. The van der Waals surface area contributed by atoms with Crippen LogP contribution in [0.1, 0.15) is 291 Å². The van der Waals surface area contributed by atoms with Crippen LogP contribution >= 0.6 is 0 Å². The lowest BCUT2D eigenvalue weighted by atomic mass is 10.1. The van der Waals surface area contributed by atoms with E-state index in [2.05, 4.69) is 55.4 Å². The van der Waals surface area contributed by atoms with Crippen LogP contribution in [0.25, 0.3) is 0 Å². The molecule has 1 rings (SSSR count). The second kappa shape index (κ2) is 53.4. The molecule has 1 aliphatic rings. The summed E-state index contributed by atoms with van der Waals surface area (Å²) in [5, 5.41) is 0. The lowest BCUT2D eigenvalue weighted by molar-refractivity contribution is -0.142. The zero-order valence-electron chi connectivity index (χ0n) is 49.7. The molecule has 1 aliphatic heterocycles. The van der Waals surface area contributed by atoms with E-state index in [1.807, 2.05) is 15.9 Å². The highest BCUT2D eigenvalue weighted by Gasteiger charge is 2.26. The number of hydrogen-bond acceptors (Lipinski definition) is 7. The van der Waals surface area contributed by atoms with Gasteiger partial charge in [-0.05, 0) is 77.7 Å². The van der Waals surface area contributed by atoms with Gasteiger partial charge in [0.2, 0.25) is 11.8 Å². The molecule has 1 heterocycles. The number of unbranched alkanes of at least 4 members (excludes halogenated alkanes) is 33. The molecule has 1 saturated heterocycles. The molecule has 1 fully saturated rings. The number of piperazine rings is 1. The maximum Gasteiger partial charge on any atom is 0.306 e. The molecular formula is C64H125N5O4. The standard InChI is InChI=1S/C64H125N5O4/c1-6-11-16-21-26-27-28-29-30-34-39-43-50-66(52-46-47-64(72)73-59-45-40-35-25-20-15-10-5)60-62(70)68-55-57-69(58-56-68)63(71)61-67(51-44-38-33-24-19-14-9-4)54-53-65(48-41-36-31-22-17-12-7-2)49-42-37-32-23-18-13-8-3/h40,45H,6-39,41-44,46-61H2,1-5H3. The number of allylic oxidation sites excluding steroid dienone is 1. The first kappa shape index (κ1) is 69.0. The topological polar surface area (TPSA) is 76.6 Å². The fourth-order valence-electron chi connectivity index (χ4n) is 10.5. The molecule has 0 bridgehead atoms. The predicted molar refractivity (Wildman–Crippen MR) is 316 cm³/mol. The molecule has 9 heteroatoms. The summed E-state index contributed by atoms with van der Waals surface area (Å²) in [7, 11) is 0. The third kappa shape index (κ3) is 43.8. The predicted octanol–water partition coefficient (Wildman–Crippen LogP) is 16.4. The van der Waals surface area contributed by atoms with Gasteiger partial charge in [-0.3, -0.25) is 24.2 Å². The first-order valence-corrected chi connectivity index (χ1v) is 32.4. The van der Waals surface area contributed by atoms with Crippen LogP contribution in [0.2, 0.25) is 0 Å². The van der Waals surface area contributed by atoms with Gasteiger partial charge in [-0.15, -0.1) is 0 Å². The van der Waals surface area contributed by atoms with E-state index in [-0.39, 0.29) is 17.8 Å². The highest BCUT2D eigenvalue weighted by Crippen LogP contribution is 2.16. The summed E-state index contributed by atoms with van der Waals surface area (Å²) in [5.41, 5.74) is 0. The van der Waals surface area contributed by atoms with Crippen molar-refractivity contribution in [1.82, 2.24) is 24.5 Å². The number of nitrogens with zero attached hydrogens (tertiary/aromatic N) is 5. The molecule has 430 valence electrons. The van der Waals surface area contributed by atoms with E-state index in [1.54, 1.807) is 0 Å². The maximum atomic E-state index is 14.1. The number of amides is 2. The molecule has 0 aromatic rings. The van der Waals surface area contributed by atoms with Crippen molar-refractivity contribution in [3.05, 3.63) is 12.2 Å². The number of hydrogen-bond donors (Lipinski definition) is 0. The van der Waals surface area contributed by atoms with Gasteiger partial charge in [-0.2, -0.15) is 0 Å². The molecule has 0 aromatic heterocycles. The van der Waals surface area contributed by atoms with Gasteiger partial charge in [0, 0.05) is 45.7 Å². The number of ether oxygens (including phenoxy) is 1. The lowest BCUT2D eigenvalue weighted by Crippen LogP contribution is -2.54.